The number of benzene rings is 2. The first kappa shape index (κ1) is 23.5. The van der Waals surface area contributed by atoms with Crippen LogP contribution in [0.5, 0.6) is 0 Å². The second kappa shape index (κ2) is 10.0. The zero-order valence-electron chi connectivity index (χ0n) is 18.7. The molecule has 0 spiro atoms. The van der Waals surface area contributed by atoms with E-state index in [0.29, 0.717) is 22.0 Å². The fourth-order valence-corrected chi connectivity index (χ4v) is 4.05. The smallest absolute Gasteiger partial charge is 0.336 e. The van der Waals surface area contributed by atoms with Crippen molar-refractivity contribution in [3.63, 3.8) is 0 Å². The Morgan fingerprint density at radius 3 is 2.53 bits per heavy atom. The maximum absolute atomic E-state index is 13.0. The van der Waals surface area contributed by atoms with E-state index in [0.717, 1.165) is 16.7 Å². The average molecular weight is 455 g/mol. The highest BCUT2D eigenvalue weighted by Gasteiger charge is 2.37. The monoisotopic (exact) mass is 454 g/mol. The Kier molecular flexibility index (Phi) is 7.36. The SMILES string of the molecule is CCOC(=O)C1=C(C)N(CC(=O)Nc2ccc(C)c(C)c2)C(=O)CC1c1cccc(Cl)c1. The van der Waals surface area contributed by atoms with Gasteiger partial charge in [0.2, 0.25) is 11.8 Å². The van der Waals surface area contributed by atoms with Crippen LogP contribution in [-0.2, 0) is 19.1 Å². The summed E-state index contributed by atoms with van der Waals surface area (Å²) >= 11 is 6.14. The van der Waals surface area contributed by atoms with E-state index >= 15 is 0 Å². The topological polar surface area (TPSA) is 75.7 Å². The largest absolute Gasteiger partial charge is 0.463 e. The van der Waals surface area contributed by atoms with Gasteiger partial charge in [0.1, 0.15) is 6.54 Å². The molecular weight excluding hydrogens is 428 g/mol. The number of carbonyl (C=O) groups is 3. The molecule has 0 saturated carbocycles. The fraction of sp³-hybridized carbons (Fsp3) is 0.320. The molecule has 1 unspecified atom stereocenters. The average Bonchev–Trinajstić information content (AvgIpc) is 2.73. The molecule has 1 aliphatic heterocycles. The van der Waals surface area contributed by atoms with Gasteiger partial charge in [-0.25, -0.2) is 4.79 Å². The Labute approximate surface area is 193 Å². The van der Waals surface area contributed by atoms with Crippen molar-refractivity contribution in [2.45, 2.75) is 40.0 Å². The predicted octanol–water partition coefficient (Wildman–Crippen LogP) is 4.75. The number of nitrogens with one attached hydrogen (secondary N) is 1. The summed E-state index contributed by atoms with van der Waals surface area (Å²) in [6.45, 7) is 7.37. The van der Waals surface area contributed by atoms with Gasteiger partial charge in [0.15, 0.2) is 0 Å². The first-order chi connectivity index (χ1) is 15.2. The third-order valence-electron chi connectivity index (χ3n) is 5.66. The van der Waals surface area contributed by atoms with Crippen LogP contribution < -0.4 is 5.32 Å². The maximum Gasteiger partial charge on any atom is 0.336 e. The van der Waals surface area contributed by atoms with Crippen LogP contribution in [0.2, 0.25) is 5.02 Å². The third kappa shape index (κ3) is 5.19. The molecule has 0 fully saturated rings. The highest BCUT2D eigenvalue weighted by molar-refractivity contribution is 6.30. The van der Waals surface area contributed by atoms with Crippen LogP contribution in [0.3, 0.4) is 0 Å². The van der Waals surface area contributed by atoms with Crippen LogP contribution in [0.15, 0.2) is 53.7 Å². The minimum atomic E-state index is -0.498. The summed E-state index contributed by atoms with van der Waals surface area (Å²) < 4.78 is 5.27. The van der Waals surface area contributed by atoms with Crippen LogP contribution in [0, 0.1) is 13.8 Å². The van der Waals surface area contributed by atoms with Gasteiger partial charge in [-0.2, -0.15) is 0 Å². The Hall–Kier alpha value is -3.12. The molecule has 168 valence electrons. The van der Waals surface area contributed by atoms with Crippen molar-refractivity contribution in [2.24, 2.45) is 0 Å². The Morgan fingerprint density at radius 2 is 1.88 bits per heavy atom. The van der Waals surface area contributed by atoms with E-state index in [1.165, 1.54) is 4.90 Å². The molecule has 6 nitrogen and oxygen atoms in total. The lowest BCUT2D eigenvalue weighted by Gasteiger charge is -2.34. The number of hydrogen-bond acceptors (Lipinski definition) is 4. The van der Waals surface area contributed by atoms with E-state index in [2.05, 4.69) is 5.32 Å². The molecule has 1 heterocycles. The molecule has 1 atom stereocenters. The van der Waals surface area contributed by atoms with Gasteiger partial charge in [-0.3, -0.25) is 9.59 Å². The number of amides is 2. The summed E-state index contributed by atoms with van der Waals surface area (Å²) in [5, 5.41) is 3.35. The van der Waals surface area contributed by atoms with E-state index < -0.39 is 11.9 Å². The number of allylic oxidation sites excluding steroid dienone is 1. The number of carbonyl (C=O) groups excluding carboxylic acids is 3. The first-order valence-corrected chi connectivity index (χ1v) is 10.9. The van der Waals surface area contributed by atoms with Crippen molar-refractivity contribution in [1.82, 2.24) is 4.90 Å². The lowest BCUT2D eigenvalue weighted by Crippen LogP contribution is -2.42. The third-order valence-corrected chi connectivity index (χ3v) is 5.90. The maximum atomic E-state index is 13.0. The van der Waals surface area contributed by atoms with Gasteiger partial charge in [-0.1, -0.05) is 29.8 Å². The Balaban J connectivity index is 1.90. The molecule has 0 radical (unpaired) electrons. The number of halogens is 1. The minimum Gasteiger partial charge on any atom is -0.463 e. The molecule has 2 amide bonds. The Morgan fingerprint density at radius 1 is 1.12 bits per heavy atom. The lowest BCUT2D eigenvalue weighted by atomic mass is 9.83. The summed E-state index contributed by atoms with van der Waals surface area (Å²) in [6.07, 6.45) is 0.0444. The molecule has 0 saturated heterocycles. The van der Waals surface area contributed by atoms with Crippen molar-refractivity contribution in [3.8, 4) is 0 Å². The summed E-state index contributed by atoms with van der Waals surface area (Å²) in [4.78, 5) is 39.9. The normalized spacial score (nSPS) is 16.2. The minimum absolute atomic E-state index is 0.0444. The summed E-state index contributed by atoms with van der Waals surface area (Å²) in [5.41, 5.74) is 4.38. The zero-order chi connectivity index (χ0) is 23.4. The first-order valence-electron chi connectivity index (χ1n) is 10.5. The van der Waals surface area contributed by atoms with Gasteiger partial charge in [0.25, 0.3) is 0 Å². The van der Waals surface area contributed by atoms with Crippen molar-refractivity contribution in [3.05, 3.63) is 75.4 Å². The molecule has 0 bridgehead atoms. The van der Waals surface area contributed by atoms with Gasteiger partial charge in [0.05, 0.1) is 12.2 Å². The number of esters is 1. The number of nitrogens with zero attached hydrogens (tertiary/aromatic N) is 1. The van der Waals surface area contributed by atoms with Gasteiger partial charge >= 0.3 is 5.97 Å². The van der Waals surface area contributed by atoms with Crippen molar-refractivity contribution in [2.75, 3.05) is 18.5 Å². The highest BCUT2D eigenvalue weighted by atomic mass is 35.5. The molecule has 0 aromatic heterocycles. The van der Waals surface area contributed by atoms with Crippen LogP contribution in [0.4, 0.5) is 5.69 Å². The van der Waals surface area contributed by atoms with E-state index in [1.54, 1.807) is 32.0 Å². The second-order valence-electron chi connectivity index (χ2n) is 7.86. The van der Waals surface area contributed by atoms with Crippen LogP contribution in [0.25, 0.3) is 0 Å². The van der Waals surface area contributed by atoms with E-state index in [9.17, 15) is 14.4 Å². The van der Waals surface area contributed by atoms with Crippen LogP contribution in [-0.4, -0.2) is 35.8 Å². The molecule has 32 heavy (non-hydrogen) atoms. The van der Waals surface area contributed by atoms with Crippen LogP contribution in [0.1, 0.15) is 42.9 Å². The predicted molar refractivity (Wildman–Crippen MR) is 124 cm³/mol. The Bertz CT molecular complexity index is 1090. The molecule has 2 aromatic rings. The van der Waals surface area contributed by atoms with Gasteiger partial charge in [0, 0.05) is 28.7 Å². The molecule has 7 heteroatoms. The summed E-state index contributed by atoms with van der Waals surface area (Å²) in [5.74, 6) is -1.57. The molecular formula is C25H27ClN2O4. The van der Waals surface area contributed by atoms with E-state index in [-0.39, 0.29) is 31.4 Å². The fourth-order valence-electron chi connectivity index (χ4n) is 3.85. The standard InChI is InChI=1S/C25H27ClN2O4/c1-5-32-25(31)24-17(4)28(14-22(29)27-20-10-9-15(2)16(3)11-20)23(30)13-21(24)18-7-6-8-19(26)12-18/h6-12,21H,5,13-14H2,1-4H3,(H,27,29). The van der Waals surface area contributed by atoms with E-state index in [4.69, 9.17) is 16.3 Å². The van der Waals surface area contributed by atoms with Crippen molar-refractivity contribution in [1.29, 1.82) is 0 Å². The lowest BCUT2D eigenvalue weighted by molar-refractivity contribution is -0.140. The van der Waals surface area contributed by atoms with Crippen molar-refractivity contribution >= 4 is 35.1 Å². The van der Waals surface area contributed by atoms with E-state index in [1.807, 2.05) is 38.1 Å². The number of aryl methyl sites for hydroxylation is 2. The van der Waals surface area contributed by atoms with Gasteiger partial charge < -0.3 is 15.0 Å². The quantitative estimate of drug-likeness (QED) is 0.639. The molecule has 1 N–H and O–H groups in total. The van der Waals surface area contributed by atoms with Gasteiger partial charge in [-0.05, 0) is 68.7 Å². The summed E-state index contributed by atoms with van der Waals surface area (Å²) in [6, 6.07) is 12.7. The number of anilines is 1. The summed E-state index contributed by atoms with van der Waals surface area (Å²) in [7, 11) is 0. The number of rotatable bonds is 6. The zero-order valence-corrected chi connectivity index (χ0v) is 19.5. The molecule has 3 rings (SSSR count). The number of ether oxygens (including phenoxy) is 1. The van der Waals surface area contributed by atoms with Crippen molar-refractivity contribution < 1.29 is 19.1 Å². The highest BCUT2D eigenvalue weighted by Crippen LogP contribution is 2.37. The van der Waals surface area contributed by atoms with Crippen LogP contribution >= 0.6 is 11.6 Å². The van der Waals surface area contributed by atoms with Gasteiger partial charge in [-0.15, -0.1) is 0 Å². The molecule has 0 aliphatic carbocycles. The molecule has 2 aromatic carbocycles. The second-order valence-corrected chi connectivity index (χ2v) is 8.29. The molecule has 1 aliphatic rings. The number of hydrogen-bond donors (Lipinski definition) is 1.